The van der Waals surface area contributed by atoms with Gasteiger partial charge in [0.15, 0.2) is 11.6 Å². The van der Waals surface area contributed by atoms with E-state index in [1.54, 1.807) is 13.0 Å². The summed E-state index contributed by atoms with van der Waals surface area (Å²) in [5, 5.41) is 2.56. The number of hydrogen-bond acceptors (Lipinski definition) is 3. The van der Waals surface area contributed by atoms with Crippen molar-refractivity contribution >= 4 is 5.91 Å². The van der Waals surface area contributed by atoms with Crippen LogP contribution in [0.1, 0.15) is 16.1 Å². The first-order chi connectivity index (χ1) is 10.9. The molecule has 1 aromatic carbocycles. The number of aryl methyl sites for hydroxylation is 1. The fraction of sp³-hybridized carbons (Fsp3) is 0.250. The van der Waals surface area contributed by atoms with Gasteiger partial charge in [0.1, 0.15) is 5.75 Å². The van der Waals surface area contributed by atoms with Crippen molar-refractivity contribution in [2.45, 2.75) is 13.5 Å². The number of carbonyl (C=O) groups excluding carboxylic acids is 1. The first kappa shape index (κ1) is 16.7. The lowest BCUT2D eigenvalue weighted by Crippen LogP contribution is -2.31. The van der Waals surface area contributed by atoms with Crippen LogP contribution in [0.15, 0.2) is 35.1 Å². The topological polar surface area (TPSA) is 60.3 Å². The van der Waals surface area contributed by atoms with Crippen molar-refractivity contribution in [1.82, 2.24) is 9.88 Å². The van der Waals surface area contributed by atoms with Gasteiger partial charge in [0, 0.05) is 30.4 Å². The molecule has 0 spiro atoms. The van der Waals surface area contributed by atoms with Crippen molar-refractivity contribution in [2.75, 3.05) is 13.7 Å². The number of pyridine rings is 1. The average molecular weight is 322 g/mol. The van der Waals surface area contributed by atoms with E-state index < -0.39 is 17.5 Å². The van der Waals surface area contributed by atoms with Crippen LogP contribution in [0.3, 0.4) is 0 Å². The summed E-state index contributed by atoms with van der Waals surface area (Å²) in [6, 6.07) is 5.97. The van der Waals surface area contributed by atoms with Crippen LogP contribution < -0.4 is 15.6 Å². The predicted molar refractivity (Wildman–Crippen MR) is 80.7 cm³/mol. The van der Waals surface area contributed by atoms with Crippen LogP contribution in [-0.4, -0.2) is 24.1 Å². The molecule has 0 aliphatic carbocycles. The lowest BCUT2D eigenvalue weighted by Gasteiger charge is -2.12. The van der Waals surface area contributed by atoms with Crippen LogP contribution in [-0.2, 0) is 6.54 Å². The van der Waals surface area contributed by atoms with E-state index in [-0.39, 0.29) is 24.2 Å². The largest absolute Gasteiger partial charge is 0.496 e. The number of carbonyl (C=O) groups is 1. The molecule has 0 saturated carbocycles. The van der Waals surface area contributed by atoms with Crippen molar-refractivity contribution in [2.24, 2.45) is 0 Å². The van der Waals surface area contributed by atoms with Crippen LogP contribution in [0.5, 0.6) is 5.75 Å². The molecule has 0 atom stereocenters. The zero-order valence-electron chi connectivity index (χ0n) is 12.7. The number of nitrogens with one attached hydrogen (secondary N) is 1. The van der Waals surface area contributed by atoms with Gasteiger partial charge in [-0.05, 0) is 31.2 Å². The third kappa shape index (κ3) is 3.94. The predicted octanol–water partition coefficient (Wildman–Crippen LogP) is 1.87. The van der Waals surface area contributed by atoms with Crippen molar-refractivity contribution in [1.29, 1.82) is 0 Å². The Hall–Kier alpha value is -2.70. The Morgan fingerprint density at radius 1 is 1.22 bits per heavy atom. The Bertz CT molecular complexity index is 787. The smallest absolute Gasteiger partial charge is 0.254 e. The molecule has 5 nitrogen and oxygen atoms in total. The molecule has 2 aromatic rings. The van der Waals surface area contributed by atoms with Crippen molar-refractivity contribution < 1.29 is 18.3 Å². The second-order valence-corrected chi connectivity index (χ2v) is 4.91. The number of methoxy groups -OCH3 is 1. The maximum absolute atomic E-state index is 13.1. The molecule has 1 N–H and O–H groups in total. The zero-order valence-corrected chi connectivity index (χ0v) is 12.7. The lowest BCUT2D eigenvalue weighted by atomic mass is 10.2. The number of rotatable bonds is 5. The fourth-order valence-corrected chi connectivity index (χ4v) is 2.12. The summed E-state index contributed by atoms with van der Waals surface area (Å²) in [4.78, 5) is 23.8. The van der Waals surface area contributed by atoms with Gasteiger partial charge in [-0.15, -0.1) is 0 Å². The molecule has 0 fully saturated rings. The second-order valence-electron chi connectivity index (χ2n) is 4.91. The molecule has 0 unspecified atom stereocenters. The summed E-state index contributed by atoms with van der Waals surface area (Å²) < 4.78 is 32.4. The first-order valence-electron chi connectivity index (χ1n) is 6.91. The molecule has 23 heavy (non-hydrogen) atoms. The van der Waals surface area contributed by atoms with E-state index in [0.717, 1.165) is 12.1 Å². The maximum atomic E-state index is 13.1. The molecule has 0 bridgehead atoms. The molecule has 122 valence electrons. The summed E-state index contributed by atoms with van der Waals surface area (Å²) in [6.45, 7) is 2.18. The number of hydrogen-bond donors (Lipinski definition) is 1. The minimum absolute atomic E-state index is 0.0164. The van der Waals surface area contributed by atoms with E-state index in [1.807, 2.05) is 0 Å². The van der Waals surface area contributed by atoms with Gasteiger partial charge >= 0.3 is 0 Å². The Morgan fingerprint density at radius 3 is 2.57 bits per heavy atom. The lowest BCUT2D eigenvalue weighted by molar-refractivity contribution is 0.0951. The van der Waals surface area contributed by atoms with Crippen LogP contribution in [0.25, 0.3) is 0 Å². The summed E-state index contributed by atoms with van der Waals surface area (Å²) in [6.07, 6.45) is 0. The van der Waals surface area contributed by atoms with Crippen LogP contribution in [0, 0.1) is 18.6 Å². The standard InChI is InChI=1S/C16H16F2N2O3/c1-10-7-12(23-2)9-15(21)20(10)6-5-19-16(22)11-3-4-13(17)14(18)8-11/h3-4,7-9H,5-6H2,1-2H3,(H,19,22). The monoisotopic (exact) mass is 322 g/mol. The number of halogens is 2. The van der Waals surface area contributed by atoms with Gasteiger partial charge in [-0.2, -0.15) is 0 Å². The normalized spacial score (nSPS) is 10.4. The number of nitrogens with zero attached hydrogens (tertiary/aromatic N) is 1. The highest BCUT2D eigenvalue weighted by atomic mass is 19.2. The van der Waals surface area contributed by atoms with E-state index in [9.17, 15) is 18.4 Å². The van der Waals surface area contributed by atoms with E-state index in [0.29, 0.717) is 11.4 Å². The molecular weight excluding hydrogens is 306 g/mol. The van der Waals surface area contributed by atoms with Crippen LogP contribution >= 0.6 is 0 Å². The highest BCUT2D eigenvalue weighted by Gasteiger charge is 2.10. The van der Waals surface area contributed by atoms with Crippen molar-refractivity contribution in [3.63, 3.8) is 0 Å². The third-order valence-corrected chi connectivity index (χ3v) is 3.35. The molecule has 0 aliphatic heterocycles. The van der Waals surface area contributed by atoms with E-state index in [4.69, 9.17) is 4.74 Å². The number of benzene rings is 1. The molecule has 1 amide bonds. The molecule has 0 radical (unpaired) electrons. The van der Waals surface area contributed by atoms with Gasteiger partial charge in [0.25, 0.3) is 11.5 Å². The minimum atomic E-state index is -1.08. The van der Waals surface area contributed by atoms with Crippen molar-refractivity contribution in [3.8, 4) is 5.75 Å². The van der Waals surface area contributed by atoms with Gasteiger partial charge in [0.2, 0.25) is 0 Å². The van der Waals surface area contributed by atoms with Crippen LogP contribution in [0.4, 0.5) is 8.78 Å². The first-order valence-corrected chi connectivity index (χ1v) is 6.91. The molecule has 0 aliphatic rings. The Kier molecular flexibility index (Phi) is 5.10. The SMILES string of the molecule is COc1cc(C)n(CCNC(=O)c2ccc(F)c(F)c2)c(=O)c1. The van der Waals surface area contributed by atoms with Crippen LogP contribution in [0.2, 0.25) is 0 Å². The number of aromatic nitrogens is 1. The number of ether oxygens (including phenoxy) is 1. The summed E-state index contributed by atoms with van der Waals surface area (Å²) in [5.41, 5.74) is 0.461. The number of amides is 1. The molecule has 7 heteroatoms. The molecule has 1 aromatic heterocycles. The summed E-state index contributed by atoms with van der Waals surface area (Å²) in [7, 11) is 1.47. The quantitative estimate of drug-likeness (QED) is 0.914. The molecule has 2 rings (SSSR count). The highest BCUT2D eigenvalue weighted by Crippen LogP contribution is 2.09. The Morgan fingerprint density at radius 2 is 1.96 bits per heavy atom. The zero-order chi connectivity index (χ0) is 17.0. The maximum Gasteiger partial charge on any atom is 0.254 e. The molecule has 0 saturated heterocycles. The highest BCUT2D eigenvalue weighted by molar-refractivity contribution is 5.94. The Labute approximate surface area is 131 Å². The van der Waals surface area contributed by atoms with Crippen molar-refractivity contribution in [3.05, 3.63) is 63.6 Å². The van der Waals surface area contributed by atoms with Gasteiger partial charge in [-0.1, -0.05) is 0 Å². The Balaban J connectivity index is 2.01. The van der Waals surface area contributed by atoms with E-state index in [2.05, 4.69) is 5.32 Å². The fourth-order valence-electron chi connectivity index (χ4n) is 2.12. The van der Waals surface area contributed by atoms with Gasteiger partial charge in [0.05, 0.1) is 7.11 Å². The summed E-state index contributed by atoms with van der Waals surface area (Å²) >= 11 is 0. The molecule has 1 heterocycles. The van der Waals surface area contributed by atoms with E-state index >= 15 is 0 Å². The minimum Gasteiger partial charge on any atom is -0.496 e. The average Bonchev–Trinajstić information content (AvgIpc) is 2.52. The summed E-state index contributed by atoms with van der Waals surface area (Å²) in [5.74, 6) is -2.17. The van der Waals surface area contributed by atoms with Gasteiger partial charge in [-0.3, -0.25) is 9.59 Å². The molecular formula is C16H16F2N2O3. The van der Waals surface area contributed by atoms with Gasteiger partial charge in [-0.25, -0.2) is 8.78 Å². The van der Waals surface area contributed by atoms with E-state index in [1.165, 1.54) is 23.8 Å². The second kappa shape index (κ2) is 7.04. The third-order valence-electron chi connectivity index (χ3n) is 3.35. The van der Waals surface area contributed by atoms with Gasteiger partial charge < -0.3 is 14.6 Å².